The summed E-state index contributed by atoms with van der Waals surface area (Å²) in [6.07, 6.45) is 3.51. The number of aromatic nitrogens is 5. The van der Waals surface area contributed by atoms with Crippen molar-refractivity contribution >= 4 is 21.9 Å². The van der Waals surface area contributed by atoms with Crippen LogP contribution in [-0.4, -0.2) is 32.3 Å². The Morgan fingerprint density at radius 2 is 2.15 bits per heavy atom. The van der Waals surface area contributed by atoms with Gasteiger partial charge in [-0.05, 0) is 57.0 Å². The van der Waals surface area contributed by atoms with E-state index in [0.29, 0.717) is 37.1 Å². The Bertz CT molecular complexity index is 856. The predicted molar refractivity (Wildman–Crippen MR) is 100 cm³/mol. The topological polar surface area (TPSA) is 87.0 Å². The molecule has 3 aromatic rings. The molecule has 0 aliphatic heterocycles. The van der Waals surface area contributed by atoms with Crippen molar-refractivity contribution in [1.82, 2.24) is 25.2 Å². The fourth-order valence-corrected chi connectivity index (χ4v) is 2.98. The molecule has 0 amide bonds. The summed E-state index contributed by atoms with van der Waals surface area (Å²) in [5, 5.41) is 14.7. The number of pyridine rings is 1. The molecule has 1 aromatic carbocycles. The zero-order chi connectivity index (χ0) is 18.4. The van der Waals surface area contributed by atoms with Crippen molar-refractivity contribution < 1.29 is 9.47 Å². The van der Waals surface area contributed by atoms with E-state index >= 15 is 0 Å². The third kappa shape index (κ3) is 4.29. The van der Waals surface area contributed by atoms with Crippen molar-refractivity contribution in [2.24, 2.45) is 0 Å². The van der Waals surface area contributed by atoms with Crippen LogP contribution in [0.1, 0.15) is 18.1 Å². The smallest absolute Gasteiger partial charge is 0.243 e. The van der Waals surface area contributed by atoms with E-state index in [1.165, 1.54) is 0 Å². The molecule has 1 N–H and O–H groups in total. The second-order valence-electron chi connectivity index (χ2n) is 5.43. The van der Waals surface area contributed by atoms with E-state index in [0.717, 1.165) is 15.6 Å². The molecular weight excluding hydrogens is 400 g/mol. The molecule has 136 valence electrons. The first-order valence-corrected chi connectivity index (χ1v) is 8.88. The van der Waals surface area contributed by atoms with E-state index in [2.05, 4.69) is 41.8 Å². The van der Waals surface area contributed by atoms with Gasteiger partial charge in [-0.1, -0.05) is 11.2 Å². The highest BCUT2D eigenvalue weighted by Gasteiger charge is 2.13. The van der Waals surface area contributed by atoms with Gasteiger partial charge in [0.2, 0.25) is 5.95 Å². The zero-order valence-corrected chi connectivity index (χ0v) is 16.1. The third-order valence-corrected chi connectivity index (χ3v) is 4.27. The van der Waals surface area contributed by atoms with Crippen LogP contribution in [0.25, 0.3) is 0 Å². The van der Waals surface area contributed by atoms with Crippen LogP contribution in [0.3, 0.4) is 0 Å². The Hall–Kier alpha value is -2.68. The van der Waals surface area contributed by atoms with Crippen LogP contribution < -0.4 is 14.8 Å². The molecule has 0 fully saturated rings. The minimum absolute atomic E-state index is 0.408. The molecule has 3 rings (SSSR count). The largest absolute Gasteiger partial charge is 0.493 e. The van der Waals surface area contributed by atoms with E-state index in [9.17, 15) is 0 Å². The number of tetrazole rings is 1. The molecule has 0 saturated carbocycles. The standard InChI is InChI=1S/C17H19BrN6O2/c1-3-24-17(21-22-23-24)20-10-13-7-14(18)16(15(8-13)25-2)26-11-12-5-4-6-19-9-12/h4-9H,3,10-11H2,1-2H3,(H,20,21,23). The number of hydrogen-bond acceptors (Lipinski definition) is 7. The first kappa shape index (κ1) is 18.1. The summed E-state index contributed by atoms with van der Waals surface area (Å²) in [5.41, 5.74) is 1.99. The molecule has 9 heteroatoms. The number of methoxy groups -OCH3 is 1. The number of rotatable bonds is 8. The van der Waals surface area contributed by atoms with Gasteiger partial charge in [0.1, 0.15) is 6.61 Å². The first-order valence-electron chi connectivity index (χ1n) is 8.09. The van der Waals surface area contributed by atoms with E-state index in [4.69, 9.17) is 9.47 Å². The van der Waals surface area contributed by atoms with Gasteiger partial charge < -0.3 is 14.8 Å². The maximum atomic E-state index is 5.92. The number of anilines is 1. The molecule has 8 nitrogen and oxygen atoms in total. The van der Waals surface area contributed by atoms with Crippen molar-refractivity contribution in [3.63, 3.8) is 0 Å². The highest BCUT2D eigenvalue weighted by molar-refractivity contribution is 9.10. The second kappa shape index (κ2) is 8.61. The minimum atomic E-state index is 0.408. The van der Waals surface area contributed by atoms with Gasteiger partial charge in [-0.2, -0.15) is 0 Å². The molecule has 2 heterocycles. The fraction of sp³-hybridized carbons (Fsp3) is 0.294. The maximum absolute atomic E-state index is 5.92. The van der Waals surface area contributed by atoms with Gasteiger partial charge >= 0.3 is 0 Å². The van der Waals surface area contributed by atoms with Crippen LogP contribution in [0.5, 0.6) is 11.5 Å². The lowest BCUT2D eigenvalue weighted by atomic mass is 10.2. The number of nitrogens with one attached hydrogen (secondary N) is 1. The highest BCUT2D eigenvalue weighted by Crippen LogP contribution is 2.37. The molecule has 0 unspecified atom stereocenters. The van der Waals surface area contributed by atoms with Gasteiger partial charge in [-0.25, -0.2) is 4.68 Å². The molecular formula is C17H19BrN6O2. The van der Waals surface area contributed by atoms with Crippen LogP contribution >= 0.6 is 15.9 Å². The maximum Gasteiger partial charge on any atom is 0.243 e. The van der Waals surface area contributed by atoms with Crippen LogP contribution in [0.2, 0.25) is 0 Å². The van der Waals surface area contributed by atoms with Gasteiger partial charge in [0.05, 0.1) is 11.6 Å². The monoisotopic (exact) mass is 418 g/mol. The summed E-state index contributed by atoms with van der Waals surface area (Å²) >= 11 is 3.57. The average Bonchev–Trinajstić information content (AvgIpc) is 3.13. The number of benzene rings is 1. The van der Waals surface area contributed by atoms with E-state index in [1.54, 1.807) is 24.2 Å². The Kier molecular flexibility index (Phi) is 6.00. The second-order valence-corrected chi connectivity index (χ2v) is 6.29. The Morgan fingerprint density at radius 1 is 1.27 bits per heavy atom. The molecule has 2 aromatic heterocycles. The van der Waals surface area contributed by atoms with Crippen LogP contribution in [0.4, 0.5) is 5.95 Å². The summed E-state index contributed by atoms with van der Waals surface area (Å²) < 4.78 is 13.9. The van der Waals surface area contributed by atoms with Crippen LogP contribution in [0.15, 0.2) is 41.1 Å². The lowest BCUT2D eigenvalue weighted by molar-refractivity contribution is 0.282. The van der Waals surface area contributed by atoms with Crippen molar-refractivity contribution in [1.29, 1.82) is 0 Å². The molecule has 26 heavy (non-hydrogen) atoms. The lowest BCUT2D eigenvalue weighted by Gasteiger charge is -2.15. The van der Waals surface area contributed by atoms with Crippen LogP contribution in [-0.2, 0) is 19.7 Å². The van der Waals surface area contributed by atoms with Crippen molar-refractivity contribution in [3.8, 4) is 11.5 Å². The molecule has 0 bridgehead atoms. The number of halogens is 1. The molecule has 0 radical (unpaired) electrons. The molecule has 0 saturated heterocycles. The fourth-order valence-electron chi connectivity index (χ4n) is 2.38. The lowest BCUT2D eigenvalue weighted by Crippen LogP contribution is -2.08. The molecule has 0 aliphatic rings. The summed E-state index contributed by atoms with van der Waals surface area (Å²) in [5.74, 6) is 1.92. The minimum Gasteiger partial charge on any atom is -0.493 e. The number of ether oxygens (including phenoxy) is 2. The highest BCUT2D eigenvalue weighted by atomic mass is 79.9. The summed E-state index contributed by atoms with van der Waals surface area (Å²) in [6.45, 7) is 3.64. The van der Waals surface area contributed by atoms with Crippen molar-refractivity contribution in [2.45, 2.75) is 26.6 Å². The van der Waals surface area contributed by atoms with E-state index < -0.39 is 0 Å². The number of aryl methyl sites for hydroxylation is 1. The zero-order valence-electron chi connectivity index (χ0n) is 14.5. The summed E-state index contributed by atoms with van der Waals surface area (Å²) in [4.78, 5) is 4.09. The molecule has 0 atom stereocenters. The van der Waals surface area contributed by atoms with E-state index in [-0.39, 0.29) is 0 Å². The first-order chi connectivity index (χ1) is 12.7. The van der Waals surface area contributed by atoms with Crippen molar-refractivity contribution in [2.75, 3.05) is 12.4 Å². The van der Waals surface area contributed by atoms with Crippen molar-refractivity contribution in [3.05, 3.63) is 52.3 Å². The van der Waals surface area contributed by atoms with Gasteiger partial charge in [0.15, 0.2) is 11.5 Å². The SMILES string of the molecule is CCn1nnnc1NCc1cc(Br)c(OCc2cccnc2)c(OC)c1. The third-order valence-electron chi connectivity index (χ3n) is 3.68. The Balaban J connectivity index is 1.72. The summed E-state index contributed by atoms with van der Waals surface area (Å²) in [7, 11) is 1.62. The van der Waals surface area contributed by atoms with Gasteiger partial charge in [0, 0.05) is 31.0 Å². The quantitative estimate of drug-likeness (QED) is 0.601. The van der Waals surface area contributed by atoms with Gasteiger partial charge in [0.25, 0.3) is 0 Å². The molecule has 0 spiro atoms. The predicted octanol–water partition coefficient (Wildman–Crippen LogP) is 3.05. The Morgan fingerprint density at radius 3 is 2.88 bits per heavy atom. The Labute approximate surface area is 159 Å². The number of hydrogen-bond donors (Lipinski definition) is 1. The van der Waals surface area contributed by atoms with Gasteiger partial charge in [-0.15, -0.1) is 0 Å². The van der Waals surface area contributed by atoms with Gasteiger partial charge in [-0.3, -0.25) is 4.98 Å². The number of nitrogens with zero attached hydrogens (tertiary/aromatic N) is 5. The van der Waals surface area contributed by atoms with Crippen LogP contribution in [0, 0.1) is 0 Å². The normalized spacial score (nSPS) is 10.6. The average molecular weight is 419 g/mol. The molecule has 0 aliphatic carbocycles. The van der Waals surface area contributed by atoms with E-state index in [1.807, 2.05) is 31.2 Å². The summed E-state index contributed by atoms with van der Waals surface area (Å²) in [6, 6.07) is 7.75.